The molecule has 2 aromatic rings. The lowest BCUT2D eigenvalue weighted by molar-refractivity contribution is 0.0907. The number of hydrogen-bond donors (Lipinski definition) is 2. The Morgan fingerprint density at radius 2 is 1.74 bits per heavy atom. The van der Waals surface area contributed by atoms with Gasteiger partial charge in [0.25, 0.3) is 5.91 Å². The summed E-state index contributed by atoms with van der Waals surface area (Å²) in [5, 5.41) is 16.6. The van der Waals surface area contributed by atoms with Gasteiger partial charge in [-0.3, -0.25) is 4.79 Å². The molecule has 124 valence electrons. The highest BCUT2D eigenvalue weighted by atomic mass is 16.5. The lowest BCUT2D eigenvalue weighted by Gasteiger charge is -2.13. The number of nitrogens with zero attached hydrogens (tertiary/aromatic N) is 1. The van der Waals surface area contributed by atoms with Crippen LogP contribution < -0.4 is 5.32 Å². The number of hydrogen-bond acceptors (Lipinski definition) is 4. The molecule has 5 nitrogen and oxygen atoms in total. The van der Waals surface area contributed by atoms with Gasteiger partial charge in [-0.2, -0.15) is 0 Å². The van der Waals surface area contributed by atoms with Crippen LogP contribution in [0.25, 0.3) is 0 Å². The zero-order valence-corrected chi connectivity index (χ0v) is 14.0. The van der Waals surface area contributed by atoms with Crippen molar-refractivity contribution < 1.29 is 14.4 Å². The van der Waals surface area contributed by atoms with Crippen LogP contribution in [0.5, 0.6) is 0 Å². The Kier molecular flexibility index (Phi) is 5.55. The van der Waals surface area contributed by atoms with Gasteiger partial charge >= 0.3 is 0 Å². The number of amides is 1. The van der Waals surface area contributed by atoms with Crippen LogP contribution in [0, 0.1) is 0 Å². The van der Waals surface area contributed by atoms with Gasteiger partial charge in [-0.25, -0.2) is 0 Å². The number of carbonyl (C=O) groups excluding carboxylic acids is 1. The van der Waals surface area contributed by atoms with E-state index in [4.69, 9.17) is 4.52 Å². The van der Waals surface area contributed by atoms with E-state index in [0.29, 0.717) is 11.7 Å². The molecule has 2 N–H and O–H groups in total. The standard InChI is InChI=1S/C18H24N2O3/c1-11(2)13-5-7-14(8-6-13)16(21)10-19-18(22)15-9-17(12(3)4)23-20-15/h5-9,11-12,16,21H,10H2,1-4H3,(H,19,22). The van der Waals surface area contributed by atoms with Crippen LogP contribution in [-0.4, -0.2) is 22.7 Å². The summed E-state index contributed by atoms with van der Waals surface area (Å²) in [4.78, 5) is 12.0. The molecule has 5 heteroatoms. The van der Waals surface area contributed by atoms with E-state index >= 15 is 0 Å². The van der Waals surface area contributed by atoms with Gasteiger partial charge in [-0.15, -0.1) is 0 Å². The second kappa shape index (κ2) is 7.42. The fraction of sp³-hybridized carbons (Fsp3) is 0.444. The summed E-state index contributed by atoms with van der Waals surface area (Å²) >= 11 is 0. The van der Waals surface area contributed by atoms with Gasteiger partial charge < -0.3 is 14.9 Å². The van der Waals surface area contributed by atoms with Crippen LogP contribution in [0.15, 0.2) is 34.9 Å². The quantitative estimate of drug-likeness (QED) is 0.856. The van der Waals surface area contributed by atoms with Crippen molar-refractivity contribution in [1.29, 1.82) is 0 Å². The normalized spacial score (nSPS) is 12.7. The minimum absolute atomic E-state index is 0.129. The van der Waals surface area contributed by atoms with Gasteiger partial charge in [0.2, 0.25) is 0 Å². The Morgan fingerprint density at radius 1 is 1.13 bits per heavy atom. The van der Waals surface area contributed by atoms with Crippen molar-refractivity contribution in [3.63, 3.8) is 0 Å². The summed E-state index contributed by atoms with van der Waals surface area (Å²) < 4.78 is 5.10. The molecule has 0 bridgehead atoms. The molecule has 1 atom stereocenters. The predicted octanol–water partition coefficient (Wildman–Crippen LogP) is 3.38. The summed E-state index contributed by atoms with van der Waals surface area (Å²) in [6.07, 6.45) is -0.753. The van der Waals surface area contributed by atoms with Crippen LogP contribution in [0.2, 0.25) is 0 Å². The SMILES string of the molecule is CC(C)c1ccc(C(O)CNC(=O)c2cc(C(C)C)on2)cc1. The largest absolute Gasteiger partial charge is 0.387 e. The summed E-state index contributed by atoms with van der Waals surface area (Å²) in [6.45, 7) is 8.30. The van der Waals surface area contributed by atoms with Crippen LogP contribution in [0.3, 0.4) is 0 Å². The maximum atomic E-state index is 12.0. The number of benzene rings is 1. The highest BCUT2D eigenvalue weighted by Crippen LogP contribution is 2.19. The fourth-order valence-corrected chi connectivity index (χ4v) is 2.17. The number of rotatable bonds is 6. The zero-order valence-electron chi connectivity index (χ0n) is 14.0. The third-order valence-electron chi connectivity index (χ3n) is 3.77. The Balaban J connectivity index is 1.92. The molecule has 0 fully saturated rings. The summed E-state index contributed by atoms with van der Waals surface area (Å²) in [7, 11) is 0. The van der Waals surface area contributed by atoms with Crippen LogP contribution in [0.1, 0.15) is 73.0 Å². The van der Waals surface area contributed by atoms with Gasteiger partial charge in [0.05, 0.1) is 6.10 Å². The van der Waals surface area contributed by atoms with Gasteiger partial charge in [0, 0.05) is 18.5 Å². The Morgan fingerprint density at radius 3 is 2.26 bits per heavy atom. The van der Waals surface area contributed by atoms with E-state index in [1.54, 1.807) is 6.07 Å². The smallest absolute Gasteiger partial charge is 0.273 e. The van der Waals surface area contributed by atoms with E-state index in [-0.39, 0.29) is 24.1 Å². The monoisotopic (exact) mass is 316 g/mol. The van der Waals surface area contributed by atoms with Crippen molar-refractivity contribution in [2.24, 2.45) is 0 Å². The van der Waals surface area contributed by atoms with E-state index in [9.17, 15) is 9.90 Å². The summed E-state index contributed by atoms with van der Waals surface area (Å²) in [5.41, 5.74) is 2.22. The van der Waals surface area contributed by atoms with Crippen molar-refractivity contribution in [2.45, 2.75) is 45.6 Å². The van der Waals surface area contributed by atoms with E-state index in [1.165, 1.54) is 5.56 Å². The van der Waals surface area contributed by atoms with Crippen molar-refractivity contribution in [1.82, 2.24) is 10.5 Å². The topological polar surface area (TPSA) is 75.4 Å². The first-order chi connectivity index (χ1) is 10.9. The third kappa shape index (κ3) is 4.42. The summed E-state index contributed by atoms with van der Waals surface area (Å²) in [5.74, 6) is 0.941. The predicted molar refractivity (Wildman–Crippen MR) is 88.4 cm³/mol. The number of carbonyl (C=O) groups is 1. The first kappa shape index (κ1) is 17.2. The van der Waals surface area contributed by atoms with Crippen LogP contribution in [0.4, 0.5) is 0 Å². The molecule has 1 heterocycles. The minimum Gasteiger partial charge on any atom is -0.387 e. The molecule has 0 saturated carbocycles. The van der Waals surface area contributed by atoms with Gasteiger partial charge in [0.1, 0.15) is 5.76 Å². The molecular weight excluding hydrogens is 292 g/mol. The lowest BCUT2D eigenvalue weighted by Crippen LogP contribution is -2.28. The summed E-state index contributed by atoms with van der Waals surface area (Å²) in [6, 6.07) is 9.40. The second-order valence-corrected chi connectivity index (χ2v) is 6.32. The molecule has 2 rings (SSSR count). The van der Waals surface area contributed by atoms with E-state index < -0.39 is 6.10 Å². The van der Waals surface area contributed by atoms with E-state index in [0.717, 1.165) is 5.56 Å². The molecule has 1 aromatic heterocycles. The minimum atomic E-state index is -0.753. The van der Waals surface area contributed by atoms with Gasteiger partial charge in [-0.1, -0.05) is 57.1 Å². The molecule has 1 unspecified atom stereocenters. The number of aromatic nitrogens is 1. The molecule has 1 amide bonds. The molecule has 0 radical (unpaired) electrons. The Labute approximate surface area is 136 Å². The lowest BCUT2D eigenvalue weighted by atomic mass is 10.00. The van der Waals surface area contributed by atoms with Crippen LogP contribution in [-0.2, 0) is 0 Å². The first-order valence-corrected chi connectivity index (χ1v) is 7.91. The molecule has 0 saturated heterocycles. The van der Waals surface area contributed by atoms with E-state index in [2.05, 4.69) is 24.3 Å². The maximum Gasteiger partial charge on any atom is 0.273 e. The van der Waals surface area contributed by atoms with Crippen molar-refractivity contribution >= 4 is 5.91 Å². The molecule has 0 aliphatic rings. The average molecular weight is 316 g/mol. The Hall–Kier alpha value is -2.14. The number of nitrogens with one attached hydrogen (secondary N) is 1. The Bertz CT molecular complexity index is 645. The van der Waals surface area contributed by atoms with Crippen molar-refractivity contribution in [2.75, 3.05) is 6.54 Å². The van der Waals surface area contributed by atoms with Crippen LogP contribution >= 0.6 is 0 Å². The second-order valence-electron chi connectivity index (χ2n) is 6.32. The molecule has 0 aliphatic carbocycles. The van der Waals surface area contributed by atoms with Crippen molar-refractivity contribution in [3.05, 3.63) is 52.9 Å². The highest BCUT2D eigenvalue weighted by Gasteiger charge is 2.16. The molecule has 1 aromatic carbocycles. The van der Waals surface area contributed by atoms with Gasteiger partial charge in [-0.05, 0) is 17.0 Å². The number of aliphatic hydroxyl groups is 1. The molecule has 23 heavy (non-hydrogen) atoms. The van der Waals surface area contributed by atoms with Gasteiger partial charge in [0.15, 0.2) is 5.69 Å². The number of aliphatic hydroxyl groups excluding tert-OH is 1. The highest BCUT2D eigenvalue weighted by molar-refractivity contribution is 5.92. The van der Waals surface area contributed by atoms with E-state index in [1.807, 2.05) is 38.1 Å². The first-order valence-electron chi connectivity index (χ1n) is 7.91. The molecule has 0 aliphatic heterocycles. The zero-order chi connectivity index (χ0) is 17.0. The molecular formula is C18H24N2O3. The average Bonchev–Trinajstić information content (AvgIpc) is 3.02. The van der Waals surface area contributed by atoms with Crippen molar-refractivity contribution in [3.8, 4) is 0 Å². The fourth-order valence-electron chi connectivity index (χ4n) is 2.17. The maximum absolute atomic E-state index is 12.0. The third-order valence-corrected chi connectivity index (χ3v) is 3.77. The molecule has 0 spiro atoms.